The fraction of sp³-hybridized carbons (Fsp3) is 0.250. The maximum Gasteiger partial charge on any atom is 0.216 e. The van der Waals surface area contributed by atoms with E-state index in [0.29, 0.717) is 29.4 Å². The molecule has 0 atom stereocenters. The van der Waals surface area contributed by atoms with E-state index in [1.807, 2.05) is 0 Å². The van der Waals surface area contributed by atoms with Crippen LogP contribution in [0.15, 0.2) is 24.3 Å². The molecule has 0 aliphatic rings. The van der Waals surface area contributed by atoms with Gasteiger partial charge in [-0.3, -0.25) is 4.79 Å². The second kappa shape index (κ2) is 4.26. The Labute approximate surface area is 97.5 Å². The van der Waals surface area contributed by atoms with E-state index in [1.165, 1.54) is 13.0 Å². The highest BCUT2D eigenvalue weighted by atomic mass is 16.3. The first kappa shape index (κ1) is 7.33. The molecule has 0 aliphatic heterocycles. The molecule has 4 nitrogen and oxygen atoms in total. The zero-order chi connectivity index (χ0) is 14.2. The fourth-order valence-corrected chi connectivity index (χ4v) is 1.53. The summed E-state index contributed by atoms with van der Waals surface area (Å²) in [5.74, 6) is -0.555. The zero-order valence-electron chi connectivity index (χ0n) is 11.8. The van der Waals surface area contributed by atoms with Crippen LogP contribution in [-0.4, -0.2) is 22.5 Å². The highest BCUT2D eigenvalue weighted by molar-refractivity contribution is 5.84. The average molecular weight is 221 g/mol. The van der Waals surface area contributed by atoms with E-state index in [1.54, 1.807) is 0 Å². The Morgan fingerprint density at radius 2 is 2.50 bits per heavy atom. The van der Waals surface area contributed by atoms with Crippen molar-refractivity contribution >= 4 is 16.8 Å². The van der Waals surface area contributed by atoms with Crippen molar-refractivity contribution in [2.24, 2.45) is 0 Å². The average Bonchev–Trinajstić information content (AvgIpc) is 2.62. The summed E-state index contributed by atoms with van der Waals surface area (Å²) in [7, 11) is 0. The summed E-state index contributed by atoms with van der Waals surface area (Å²) >= 11 is 0. The molecule has 1 aromatic carbocycles. The number of carbonyl (C=O) groups excluding carboxylic acids is 1. The first-order valence-electron chi connectivity index (χ1n) is 6.46. The van der Waals surface area contributed by atoms with Gasteiger partial charge in [0.15, 0.2) is 0 Å². The number of fused-ring (bicyclic) bond motifs is 1. The van der Waals surface area contributed by atoms with Crippen LogP contribution in [0.2, 0.25) is 0 Å². The molecular formula is C12H14N2O2. The van der Waals surface area contributed by atoms with E-state index >= 15 is 0 Å². The number of phenolic OH excluding ortho intramolecular Hbond substituents is 1. The number of hydrogen-bond acceptors (Lipinski definition) is 2. The molecule has 0 fully saturated rings. The van der Waals surface area contributed by atoms with Crippen LogP contribution in [-0.2, 0) is 11.2 Å². The third-order valence-electron chi connectivity index (χ3n) is 2.26. The van der Waals surface area contributed by atoms with Crippen LogP contribution in [0.3, 0.4) is 0 Å². The van der Waals surface area contributed by atoms with Gasteiger partial charge < -0.3 is 15.4 Å². The number of amides is 1. The van der Waals surface area contributed by atoms with Crippen LogP contribution < -0.4 is 5.32 Å². The molecule has 1 aromatic heterocycles. The summed E-state index contributed by atoms with van der Waals surface area (Å²) in [5.41, 5.74) is 1.04. The van der Waals surface area contributed by atoms with Gasteiger partial charge in [0.05, 0.1) is 4.11 Å². The molecule has 4 heteroatoms. The van der Waals surface area contributed by atoms with Crippen molar-refractivity contribution in [3.63, 3.8) is 0 Å². The molecule has 1 heterocycles. The molecule has 0 spiro atoms. The number of aromatic amines is 1. The Balaban J connectivity index is 2.46. The summed E-state index contributed by atoms with van der Waals surface area (Å²) in [6, 6.07) is 1.09. The van der Waals surface area contributed by atoms with Gasteiger partial charge in [-0.15, -0.1) is 0 Å². The minimum atomic E-state index is -0.396. The van der Waals surface area contributed by atoms with Gasteiger partial charge in [-0.25, -0.2) is 0 Å². The Kier molecular flexibility index (Phi) is 1.95. The van der Waals surface area contributed by atoms with Gasteiger partial charge in [0.25, 0.3) is 0 Å². The standard InChI is InChI=1S/C12H14N2O2/c1-8(15)13-5-4-9-7-14-12-3-2-10(16)6-11(9)12/h2-3,6-7,14,16H,4-5H2,1H3,(H,13,15)/i2D,6D,7D. The molecule has 0 radical (unpaired) electrons. The minimum absolute atomic E-state index is 0.138. The Morgan fingerprint density at radius 1 is 1.69 bits per heavy atom. The van der Waals surface area contributed by atoms with Crippen LogP contribution in [0.25, 0.3) is 10.9 Å². The van der Waals surface area contributed by atoms with Crippen molar-refractivity contribution in [2.45, 2.75) is 13.3 Å². The van der Waals surface area contributed by atoms with E-state index < -0.39 is 5.75 Å². The number of phenols is 1. The number of aromatic hydroxyl groups is 1. The molecule has 2 rings (SSSR count). The summed E-state index contributed by atoms with van der Waals surface area (Å²) in [6.45, 7) is 1.77. The topological polar surface area (TPSA) is 65.1 Å². The predicted molar refractivity (Wildman–Crippen MR) is 62.4 cm³/mol. The van der Waals surface area contributed by atoms with Crippen molar-refractivity contribution in [1.29, 1.82) is 0 Å². The van der Waals surface area contributed by atoms with Crippen LogP contribution in [0.1, 0.15) is 16.6 Å². The number of nitrogens with one attached hydrogen (secondary N) is 2. The lowest BCUT2D eigenvalue weighted by Crippen LogP contribution is -2.22. The van der Waals surface area contributed by atoms with E-state index in [-0.39, 0.29) is 24.2 Å². The lowest BCUT2D eigenvalue weighted by Gasteiger charge is -2.01. The SMILES string of the molecule is [2H]c1cc2[nH]c([2H])c(CCNC(C)=O)c2c([2H])c1O. The molecule has 1 amide bonds. The molecule has 0 aliphatic carbocycles. The van der Waals surface area contributed by atoms with Crippen LogP contribution in [0.5, 0.6) is 5.75 Å². The summed E-state index contributed by atoms with van der Waals surface area (Å²) in [4.78, 5) is 13.6. The third kappa shape index (κ3) is 2.16. The van der Waals surface area contributed by atoms with Crippen molar-refractivity contribution in [1.82, 2.24) is 10.3 Å². The Hall–Kier alpha value is -1.97. The number of rotatable bonds is 3. The number of carbonyl (C=O) groups is 1. The minimum Gasteiger partial charge on any atom is -0.508 e. The van der Waals surface area contributed by atoms with E-state index in [4.69, 9.17) is 4.11 Å². The molecule has 0 saturated carbocycles. The molecular weight excluding hydrogens is 204 g/mol. The lowest BCUT2D eigenvalue weighted by atomic mass is 10.1. The highest BCUT2D eigenvalue weighted by Gasteiger charge is 2.04. The van der Waals surface area contributed by atoms with Gasteiger partial charge in [-0.05, 0) is 30.1 Å². The van der Waals surface area contributed by atoms with Crippen molar-refractivity contribution in [3.05, 3.63) is 29.9 Å². The summed E-state index contributed by atoms with van der Waals surface area (Å²) in [5, 5.41) is 12.7. The number of H-pyrrole nitrogens is 1. The van der Waals surface area contributed by atoms with E-state index in [9.17, 15) is 9.90 Å². The molecule has 0 unspecified atom stereocenters. The molecule has 84 valence electrons. The molecule has 0 bridgehead atoms. The largest absolute Gasteiger partial charge is 0.508 e. The second-order valence-electron chi connectivity index (χ2n) is 3.51. The van der Waals surface area contributed by atoms with Gasteiger partial charge in [0.1, 0.15) is 5.75 Å². The number of benzene rings is 1. The van der Waals surface area contributed by atoms with Crippen molar-refractivity contribution in [2.75, 3.05) is 6.54 Å². The first-order chi connectivity index (χ1) is 8.91. The first-order valence-corrected chi connectivity index (χ1v) is 4.96. The van der Waals surface area contributed by atoms with E-state index in [0.717, 1.165) is 0 Å². The van der Waals surface area contributed by atoms with Gasteiger partial charge in [0, 0.05) is 30.5 Å². The maximum absolute atomic E-state index is 10.8. The lowest BCUT2D eigenvalue weighted by molar-refractivity contribution is -0.118. The Morgan fingerprint density at radius 3 is 3.25 bits per heavy atom. The summed E-state index contributed by atoms with van der Waals surface area (Å²) in [6.07, 6.45) is 0.528. The second-order valence-corrected chi connectivity index (χ2v) is 3.51. The van der Waals surface area contributed by atoms with Crippen LogP contribution in [0.4, 0.5) is 0 Å². The molecule has 2 aromatic rings. The van der Waals surface area contributed by atoms with E-state index in [2.05, 4.69) is 10.3 Å². The Bertz CT molecular complexity index is 652. The maximum atomic E-state index is 10.8. The highest BCUT2D eigenvalue weighted by Crippen LogP contribution is 2.22. The number of hydrogen-bond donors (Lipinski definition) is 3. The fourth-order valence-electron chi connectivity index (χ4n) is 1.53. The van der Waals surface area contributed by atoms with Gasteiger partial charge in [-0.1, -0.05) is 0 Å². The predicted octanol–water partition coefficient (Wildman–Crippen LogP) is 1.55. The number of aromatic nitrogens is 1. The summed E-state index contributed by atoms with van der Waals surface area (Å²) < 4.78 is 23.2. The molecule has 0 saturated heterocycles. The van der Waals surface area contributed by atoms with Crippen LogP contribution >= 0.6 is 0 Å². The quantitative estimate of drug-likeness (QED) is 0.736. The molecule has 3 N–H and O–H groups in total. The molecule has 16 heavy (non-hydrogen) atoms. The van der Waals surface area contributed by atoms with Crippen molar-refractivity contribution < 1.29 is 14.0 Å². The normalized spacial score (nSPS) is 13.2. The van der Waals surface area contributed by atoms with Gasteiger partial charge >= 0.3 is 0 Å². The third-order valence-corrected chi connectivity index (χ3v) is 2.26. The van der Waals surface area contributed by atoms with Crippen molar-refractivity contribution in [3.8, 4) is 5.75 Å². The monoisotopic (exact) mass is 221 g/mol. The van der Waals surface area contributed by atoms with Gasteiger partial charge in [-0.2, -0.15) is 0 Å². The van der Waals surface area contributed by atoms with Crippen LogP contribution in [0, 0.1) is 0 Å². The zero-order valence-corrected chi connectivity index (χ0v) is 8.85. The van der Waals surface area contributed by atoms with Gasteiger partial charge in [0.2, 0.25) is 5.91 Å². The smallest absolute Gasteiger partial charge is 0.216 e.